The third kappa shape index (κ3) is 2.65. The minimum Gasteiger partial charge on any atom is -0.303 e. The van der Waals surface area contributed by atoms with Crippen molar-refractivity contribution >= 4 is 18.0 Å². The second-order valence-electron chi connectivity index (χ2n) is 1.08. The van der Waals surface area contributed by atoms with Crippen LogP contribution in [0.15, 0.2) is 0 Å². The van der Waals surface area contributed by atoms with E-state index in [1.807, 2.05) is 6.26 Å². The quantitative estimate of drug-likeness (QED) is 0.422. The van der Waals surface area contributed by atoms with Crippen molar-refractivity contribution in [1.82, 2.24) is 5.32 Å². The Bertz CT molecular complexity index is 53.7. The Hall–Kier alpha value is -0.0200. The van der Waals surface area contributed by atoms with Gasteiger partial charge in [-0.15, -0.1) is 11.8 Å². The van der Waals surface area contributed by atoms with E-state index in [2.05, 4.69) is 5.32 Å². The molecule has 42 valence electrons. The molecular formula is C4H9NOS. The molecule has 3 heteroatoms. The average molecular weight is 119 g/mol. The Morgan fingerprint density at radius 1 is 1.86 bits per heavy atom. The number of nitrogens with one attached hydrogen (secondary N) is 1. The SMILES string of the molecule is CNC(C=O)SC. The van der Waals surface area contributed by atoms with E-state index in [4.69, 9.17) is 0 Å². The Kier molecular flexibility index (Phi) is 4.14. The molecule has 0 saturated carbocycles. The molecule has 0 radical (unpaired) electrons. The monoisotopic (exact) mass is 119 g/mol. The van der Waals surface area contributed by atoms with Crippen LogP contribution in [0.3, 0.4) is 0 Å². The van der Waals surface area contributed by atoms with Gasteiger partial charge in [0.2, 0.25) is 0 Å². The molecule has 0 fully saturated rings. The molecule has 2 nitrogen and oxygen atoms in total. The highest BCUT2D eigenvalue weighted by Gasteiger charge is 1.95. The number of thioether (sulfide) groups is 1. The van der Waals surface area contributed by atoms with E-state index in [1.165, 1.54) is 11.8 Å². The third-order valence-corrected chi connectivity index (χ3v) is 1.52. The van der Waals surface area contributed by atoms with E-state index < -0.39 is 0 Å². The van der Waals surface area contributed by atoms with Gasteiger partial charge in [-0.1, -0.05) is 0 Å². The van der Waals surface area contributed by atoms with Gasteiger partial charge in [0.1, 0.15) is 11.7 Å². The zero-order chi connectivity index (χ0) is 5.70. The molecule has 0 bridgehead atoms. The van der Waals surface area contributed by atoms with Gasteiger partial charge in [-0.3, -0.25) is 0 Å². The first-order chi connectivity index (χ1) is 3.35. The van der Waals surface area contributed by atoms with E-state index in [0.29, 0.717) is 0 Å². The highest BCUT2D eigenvalue weighted by atomic mass is 32.2. The Labute approximate surface area is 47.7 Å². The van der Waals surface area contributed by atoms with Crippen LogP contribution in [0.25, 0.3) is 0 Å². The van der Waals surface area contributed by atoms with Crippen LogP contribution in [0, 0.1) is 0 Å². The van der Waals surface area contributed by atoms with Gasteiger partial charge in [-0.05, 0) is 13.3 Å². The molecule has 0 spiro atoms. The van der Waals surface area contributed by atoms with Crippen molar-refractivity contribution in [1.29, 1.82) is 0 Å². The van der Waals surface area contributed by atoms with E-state index in [0.717, 1.165) is 6.29 Å². The normalized spacial score (nSPS) is 13.4. The number of carbonyl (C=O) groups excluding carboxylic acids is 1. The second kappa shape index (κ2) is 4.15. The van der Waals surface area contributed by atoms with Gasteiger partial charge in [-0.25, -0.2) is 0 Å². The standard InChI is InChI=1S/C4H9NOS/c1-5-4(3-6)7-2/h3-5H,1-2H3. The topological polar surface area (TPSA) is 29.1 Å². The minimum atomic E-state index is -0.0278. The molecular weight excluding hydrogens is 110 g/mol. The molecule has 0 aliphatic carbocycles. The summed E-state index contributed by atoms with van der Waals surface area (Å²) >= 11 is 1.49. The van der Waals surface area contributed by atoms with Gasteiger partial charge in [0, 0.05) is 0 Å². The van der Waals surface area contributed by atoms with Crippen molar-refractivity contribution in [2.45, 2.75) is 5.37 Å². The van der Waals surface area contributed by atoms with Gasteiger partial charge < -0.3 is 10.1 Å². The van der Waals surface area contributed by atoms with Crippen LogP contribution in [0.1, 0.15) is 0 Å². The second-order valence-corrected chi connectivity index (χ2v) is 2.06. The van der Waals surface area contributed by atoms with E-state index in [9.17, 15) is 4.79 Å². The minimum absolute atomic E-state index is 0.0278. The molecule has 0 saturated heterocycles. The van der Waals surface area contributed by atoms with Crippen molar-refractivity contribution in [3.8, 4) is 0 Å². The Morgan fingerprint density at radius 3 is 2.43 bits per heavy atom. The summed E-state index contributed by atoms with van der Waals surface area (Å²) in [5, 5.41) is 2.77. The zero-order valence-corrected chi connectivity index (χ0v) is 5.29. The number of likely N-dealkylation sites (N-methyl/N-ethyl adjacent to an activating group) is 1. The summed E-state index contributed by atoms with van der Waals surface area (Å²) in [6.07, 6.45) is 2.76. The highest BCUT2D eigenvalue weighted by molar-refractivity contribution is 7.99. The smallest absolute Gasteiger partial charge is 0.147 e. The van der Waals surface area contributed by atoms with Gasteiger partial charge >= 0.3 is 0 Å². The summed E-state index contributed by atoms with van der Waals surface area (Å²) in [7, 11) is 1.76. The highest BCUT2D eigenvalue weighted by Crippen LogP contribution is 1.95. The van der Waals surface area contributed by atoms with Crippen LogP contribution in [0.4, 0.5) is 0 Å². The molecule has 1 unspecified atom stereocenters. The lowest BCUT2D eigenvalue weighted by molar-refractivity contribution is -0.107. The van der Waals surface area contributed by atoms with Crippen molar-refractivity contribution in [2.75, 3.05) is 13.3 Å². The molecule has 7 heavy (non-hydrogen) atoms. The van der Waals surface area contributed by atoms with Gasteiger partial charge in [0.25, 0.3) is 0 Å². The van der Waals surface area contributed by atoms with Crippen LogP contribution in [0.5, 0.6) is 0 Å². The summed E-state index contributed by atoms with van der Waals surface area (Å²) < 4.78 is 0. The third-order valence-electron chi connectivity index (χ3n) is 0.662. The lowest BCUT2D eigenvalue weighted by Crippen LogP contribution is -2.21. The fraction of sp³-hybridized carbons (Fsp3) is 0.750. The fourth-order valence-corrected chi connectivity index (χ4v) is 0.588. The first-order valence-electron chi connectivity index (χ1n) is 2.00. The molecule has 0 aliphatic heterocycles. The first kappa shape index (κ1) is 6.98. The number of aldehydes is 1. The predicted molar refractivity (Wildman–Crippen MR) is 32.4 cm³/mol. The van der Waals surface area contributed by atoms with Crippen molar-refractivity contribution in [3.05, 3.63) is 0 Å². The van der Waals surface area contributed by atoms with E-state index >= 15 is 0 Å². The Morgan fingerprint density at radius 2 is 2.43 bits per heavy atom. The number of hydrogen-bond acceptors (Lipinski definition) is 3. The largest absolute Gasteiger partial charge is 0.303 e. The summed E-state index contributed by atoms with van der Waals surface area (Å²) in [6, 6.07) is 0. The molecule has 1 N–H and O–H groups in total. The Balaban J connectivity index is 3.16. The first-order valence-corrected chi connectivity index (χ1v) is 3.29. The summed E-state index contributed by atoms with van der Waals surface area (Å²) in [5.74, 6) is 0. The van der Waals surface area contributed by atoms with Crippen LogP contribution in [0.2, 0.25) is 0 Å². The van der Waals surface area contributed by atoms with E-state index in [-0.39, 0.29) is 5.37 Å². The molecule has 0 rings (SSSR count). The number of hydrogen-bond donors (Lipinski definition) is 1. The lowest BCUT2D eigenvalue weighted by Gasteiger charge is -2.00. The molecule has 0 amide bonds. The average Bonchev–Trinajstić information content (AvgIpc) is 1.72. The molecule has 1 atom stereocenters. The molecule has 0 aromatic carbocycles. The fourth-order valence-electron chi connectivity index (χ4n) is 0.241. The molecule has 0 aromatic rings. The number of rotatable bonds is 3. The number of carbonyl (C=O) groups is 1. The van der Waals surface area contributed by atoms with Crippen LogP contribution < -0.4 is 5.32 Å². The maximum absolute atomic E-state index is 9.88. The van der Waals surface area contributed by atoms with Crippen LogP contribution in [-0.4, -0.2) is 25.0 Å². The summed E-state index contributed by atoms with van der Waals surface area (Å²) in [6.45, 7) is 0. The van der Waals surface area contributed by atoms with Gasteiger partial charge in [-0.2, -0.15) is 0 Å². The van der Waals surface area contributed by atoms with Crippen molar-refractivity contribution in [3.63, 3.8) is 0 Å². The summed E-state index contributed by atoms with van der Waals surface area (Å²) in [4.78, 5) is 9.88. The maximum Gasteiger partial charge on any atom is 0.147 e. The summed E-state index contributed by atoms with van der Waals surface area (Å²) in [5.41, 5.74) is 0. The van der Waals surface area contributed by atoms with Crippen LogP contribution >= 0.6 is 11.8 Å². The van der Waals surface area contributed by atoms with Crippen LogP contribution in [-0.2, 0) is 4.79 Å². The zero-order valence-electron chi connectivity index (χ0n) is 4.47. The van der Waals surface area contributed by atoms with Gasteiger partial charge in [0.05, 0.1) is 0 Å². The van der Waals surface area contributed by atoms with Gasteiger partial charge in [0.15, 0.2) is 0 Å². The lowest BCUT2D eigenvalue weighted by atomic mass is 10.7. The molecule has 0 aliphatic rings. The molecule has 0 aromatic heterocycles. The maximum atomic E-state index is 9.88. The van der Waals surface area contributed by atoms with Crippen molar-refractivity contribution in [2.24, 2.45) is 0 Å². The van der Waals surface area contributed by atoms with Crippen molar-refractivity contribution < 1.29 is 4.79 Å². The molecule has 0 heterocycles. The predicted octanol–water partition coefficient (Wildman–Crippen LogP) is 0.0938. The van der Waals surface area contributed by atoms with E-state index in [1.54, 1.807) is 7.05 Å².